The SMILES string of the molecule is CC1(C)c2ccccc2-n2c3ccc(-c4ccc5c(c4)c4ccccc4n5-c4nc5c6c(cccc6n4)Sc4c(-c6ccccc6)cccc4-5)cc3c3cccc1c32. The van der Waals surface area contributed by atoms with E-state index in [9.17, 15) is 0 Å². The Morgan fingerprint density at radius 2 is 1.14 bits per heavy atom. The van der Waals surface area contributed by atoms with Crippen LogP contribution in [0.15, 0.2) is 180 Å². The van der Waals surface area contributed by atoms with Crippen molar-refractivity contribution in [3.05, 3.63) is 181 Å². The molecular weight excluding hydrogens is 725 g/mol. The molecule has 3 aromatic heterocycles. The molecule has 4 nitrogen and oxygen atoms in total. The summed E-state index contributed by atoms with van der Waals surface area (Å²) in [7, 11) is 0. The van der Waals surface area contributed by atoms with Crippen LogP contribution in [0.5, 0.6) is 0 Å². The van der Waals surface area contributed by atoms with E-state index in [1.807, 2.05) is 11.8 Å². The molecule has 0 atom stereocenters. The Bertz CT molecular complexity index is 3570. The highest BCUT2D eigenvalue weighted by Gasteiger charge is 2.35. The van der Waals surface area contributed by atoms with Crippen LogP contribution in [0.1, 0.15) is 25.0 Å². The van der Waals surface area contributed by atoms with Crippen LogP contribution in [0.2, 0.25) is 0 Å². The van der Waals surface area contributed by atoms with Crippen LogP contribution in [0.4, 0.5) is 0 Å². The van der Waals surface area contributed by atoms with Crippen molar-refractivity contribution in [1.82, 2.24) is 19.1 Å². The van der Waals surface area contributed by atoms with Gasteiger partial charge in [0.25, 0.3) is 0 Å². The zero-order chi connectivity index (χ0) is 38.3. The average Bonchev–Trinajstić information content (AvgIpc) is 3.78. The lowest BCUT2D eigenvalue weighted by Gasteiger charge is -2.34. The fraction of sp³-hybridized carbons (Fsp3) is 0.0566. The Morgan fingerprint density at radius 3 is 2.00 bits per heavy atom. The summed E-state index contributed by atoms with van der Waals surface area (Å²) in [5.41, 5.74) is 16.5. The molecule has 0 spiro atoms. The summed E-state index contributed by atoms with van der Waals surface area (Å²) in [5, 5.41) is 6.05. The lowest BCUT2D eigenvalue weighted by molar-refractivity contribution is 0.630. The first-order valence-electron chi connectivity index (χ1n) is 19.9. The van der Waals surface area contributed by atoms with Crippen LogP contribution in [0.3, 0.4) is 0 Å². The Kier molecular flexibility index (Phi) is 6.41. The second-order valence-corrected chi connectivity index (χ2v) is 17.2. The molecule has 0 fully saturated rings. The van der Waals surface area contributed by atoms with Crippen LogP contribution < -0.4 is 0 Å². The van der Waals surface area contributed by atoms with Crippen molar-refractivity contribution in [3.8, 4) is 45.1 Å². The first-order valence-corrected chi connectivity index (χ1v) is 20.7. The predicted octanol–water partition coefficient (Wildman–Crippen LogP) is 13.9. The summed E-state index contributed by atoms with van der Waals surface area (Å²) in [5.74, 6) is 0.681. The van der Waals surface area contributed by atoms with Crippen molar-refractivity contribution in [3.63, 3.8) is 0 Å². The molecule has 0 amide bonds. The zero-order valence-corrected chi connectivity index (χ0v) is 32.7. The minimum atomic E-state index is -0.0925. The fourth-order valence-electron chi connectivity index (χ4n) is 10.0. The lowest BCUT2D eigenvalue weighted by atomic mass is 9.75. The van der Waals surface area contributed by atoms with Gasteiger partial charge in [-0.1, -0.05) is 147 Å². The second-order valence-electron chi connectivity index (χ2n) is 16.2. The molecule has 8 aromatic carbocycles. The summed E-state index contributed by atoms with van der Waals surface area (Å²) < 4.78 is 4.74. The molecule has 0 saturated carbocycles. The second kappa shape index (κ2) is 11.6. The molecule has 0 radical (unpaired) electrons. The van der Waals surface area contributed by atoms with E-state index < -0.39 is 0 Å². The van der Waals surface area contributed by atoms with E-state index in [-0.39, 0.29) is 5.41 Å². The zero-order valence-electron chi connectivity index (χ0n) is 31.9. The molecular formula is C53H34N4S. The van der Waals surface area contributed by atoms with Gasteiger partial charge in [-0.05, 0) is 81.9 Å². The highest BCUT2D eigenvalue weighted by molar-refractivity contribution is 8.00. The third-order valence-corrected chi connectivity index (χ3v) is 13.9. The van der Waals surface area contributed by atoms with Crippen LogP contribution in [-0.4, -0.2) is 19.1 Å². The highest BCUT2D eigenvalue weighted by atomic mass is 32.2. The van der Waals surface area contributed by atoms with Crippen molar-refractivity contribution >= 4 is 66.3 Å². The number of fused-ring (bicyclic) bond motifs is 10. The minimum absolute atomic E-state index is 0.0925. The van der Waals surface area contributed by atoms with E-state index in [4.69, 9.17) is 9.97 Å². The first kappa shape index (κ1) is 32.2. The van der Waals surface area contributed by atoms with Gasteiger partial charge in [0.1, 0.15) is 0 Å². The third kappa shape index (κ3) is 4.26. The van der Waals surface area contributed by atoms with Gasteiger partial charge >= 0.3 is 0 Å². The van der Waals surface area contributed by atoms with Crippen molar-refractivity contribution in [1.29, 1.82) is 0 Å². The Morgan fingerprint density at radius 1 is 0.483 bits per heavy atom. The number of hydrogen-bond acceptors (Lipinski definition) is 3. The molecule has 0 saturated heterocycles. The maximum atomic E-state index is 5.48. The minimum Gasteiger partial charge on any atom is -0.309 e. The molecule has 0 aliphatic carbocycles. The van der Waals surface area contributed by atoms with Crippen LogP contribution in [-0.2, 0) is 5.41 Å². The molecule has 5 heterocycles. The topological polar surface area (TPSA) is 35.6 Å². The van der Waals surface area contributed by atoms with Crippen molar-refractivity contribution in [2.45, 2.75) is 29.1 Å². The van der Waals surface area contributed by atoms with Crippen molar-refractivity contribution < 1.29 is 0 Å². The predicted molar refractivity (Wildman–Crippen MR) is 241 cm³/mol. The molecule has 2 aliphatic rings. The van der Waals surface area contributed by atoms with Crippen LogP contribution >= 0.6 is 11.8 Å². The van der Waals surface area contributed by atoms with E-state index in [1.54, 1.807) is 0 Å². The standard InChI is InChI=1S/C53H34N4S/c1-53(2)40-19-7-9-23-46(40)56-44-27-25-33(30-39(44)36-17-11-20-41(53)50(36)56)32-26-28-45-38(29-32)35-15-6-8-22-43(35)57(45)52-54-42-21-12-24-47-48(42)49(55-52)37-18-10-16-34(51(37)58-47)31-13-4-3-5-14-31/h3-30H,1-2H3. The van der Waals surface area contributed by atoms with Gasteiger partial charge in [-0.15, -0.1) is 0 Å². The van der Waals surface area contributed by atoms with E-state index in [0.717, 1.165) is 33.2 Å². The Labute approximate surface area is 339 Å². The third-order valence-electron chi connectivity index (χ3n) is 12.7. The van der Waals surface area contributed by atoms with Crippen LogP contribution in [0.25, 0.3) is 99.7 Å². The van der Waals surface area contributed by atoms with Crippen molar-refractivity contribution in [2.24, 2.45) is 0 Å². The summed E-state index contributed by atoms with van der Waals surface area (Å²) >= 11 is 1.82. The number of para-hydroxylation sites is 3. The molecule has 58 heavy (non-hydrogen) atoms. The number of rotatable bonds is 3. The summed E-state index contributed by atoms with van der Waals surface area (Å²) in [6.45, 7) is 4.71. The Hall–Kier alpha value is -6.95. The van der Waals surface area contributed by atoms with Gasteiger partial charge < -0.3 is 4.57 Å². The maximum absolute atomic E-state index is 5.48. The average molecular weight is 759 g/mol. The quantitative estimate of drug-likeness (QED) is 0.180. The fourth-order valence-corrected chi connectivity index (χ4v) is 11.3. The van der Waals surface area contributed by atoms with Gasteiger partial charge in [-0.3, -0.25) is 4.57 Å². The molecule has 2 aliphatic heterocycles. The van der Waals surface area contributed by atoms with E-state index in [1.165, 1.54) is 81.4 Å². The first-order chi connectivity index (χ1) is 28.5. The monoisotopic (exact) mass is 758 g/mol. The summed E-state index contributed by atoms with van der Waals surface area (Å²) in [6.07, 6.45) is 0. The number of nitrogens with zero attached hydrogens (tertiary/aromatic N) is 4. The van der Waals surface area contributed by atoms with Gasteiger partial charge in [0.15, 0.2) is 0 Å². The van der Waals surface area contributed by atoms with E-state index in [0.29, 0.717) is 5.95 Å². The largest absolute Gasteiger partial charge is 0.309 e. The molecule has 0 bridgehead atoms. The van der Waals surface area contributed by atoms with E-state index in [2.05, 4.69) is 193 Å². The van der Waals surface area contributed by atoms with E-state index >= 15 is 0 Å². The molecule has 13 rings (SSSR count). The highest BCUT2D eigenvalue weighted by Crippen LogP contribution is 2.51. The molecule has 0 unspecified atom stereocenters. The van der Waals surface area contributed by atoms with Gasteiger partial charge in [0, 0.05) is 47.7 Å². The van der Waals surface area contributed by atoms with Gasteiger partial charge in [-0.2, -0.15) is 0 Å². The smallest absolute Gasteiger partial charge is 0.235 e. The maximum Gasteiger partial charge on any atom is 0.235 e. The lowest BCUT2D eigenvalue weighted by Crippen LogP contribution is -2.26. The molecule has 11 aromatic rings. The normalized spacial score (nSPS) is 13.8. The molecule has 0 N–H and O–H groups in total. The van der Waals surface area contributed by atoms with Gasteiger partial charge in [-0.25, -0.2) is 9.97 Å². The van der Waals surface area contributed by atoms with Crippen LogP contribution in [0, 0.1) is 0 Å². The number of aromatic nitrogens is 4. The van der Waals surface area contributed by atoms with Gasteiger partial charge in [0.2, 0.25) is 5.95 Å². The van der Waals surface area contributed by atoms with Gasteiger partial charge in [0.05, 0.1) is 39.0 Å². The Balaban J connectivity index is 1.00. The van der Waals surface area contributed by atoms with Crippen molar-refractivity contribution in [2.75, 3.05) is 0 Å². The molecule has 272 valence electrons. The summed E-state index contributed by atoms with van der Waals surface area (Å²) in [4.78, 5) is 13.2. The number of hydrogen-bond donors (Lipinski definition) is 0. The summed E-state index contributed by atoms with van der Waals surface area (Å²) in [6, 6.07) is 62.0. The molecule has 5 heteroatoms. The number of benzene rings is 8.